The Morgan fingerprint density at radius 1 is 1.24 bits per heavy atom. The third-order valence-corrected chi connectivity index (χ3v) is 3.57. The van der Waals surface area contributed by atoms with E-state index in [0.717, 1.165) is 24.8 Å². The monoisotopic (exact) mass is 230 g/mol. The topological polar surface area (TPSA) is 34.1 Å². The minimum atomic E-state index is -0.348. The van der Waals surface area contributed by atoms with Gasteiger partial charge in [0.1, 0.15) is 11.6 Å². The highest BCUT2D eigenvalue weighted by molar-refractivity contribution is 6.04. The third-order valence-electron chi connectivity index (χ3n) is 3.57. The van der Waals surface area contributed by atoms with E-state index in [2.05, 4.69) is 0 Å². The van der Waals surface area contributed by atoms with Crippen molar-refractivity contribution >= 4 is 11.6 Å². The lowest BCUT2D eigenvalue weighted by molar-refractivity contribution is -0.136. The van der Waals surface area contributed by atoms with Crippen LogP contribution in [0.25, 0.3) is 0 Å². The summed E-state index contributed by atoms with van der Waals surface area (Å²) < 4.78 is 0. The van der Waals surface area contributed by atoms with Crippen LogP contribution in [0.4, 0.5) is 0 Å². The molecule has 2 atom stereocenters. The number of rotatable bonds is 3. The molecular weight excluding hydrogens is 212 g/mol. The van der Waals surface area contributed by atoms with E-state index in [4.69, 9.17) is 0 Å². The van der Waals surface area contributed by atoms with E-state index in [0.29, 0.717) is 6.42 Å². The summed E-state index contributed by atoms with van der Waals surface area (Å²) in [7, 11) is 0. The summed E-state index contributed by atoms with van der Waals surface area (Å²) in [6.07, 6.45) is 3.07. The van der Waals surface area contributed by atoms with Crippen LogP contribution in [0.2, 0.25) is 0 Å². The molecule has 2 rings (SSSR count). The molecule has 0 aliphatic heterocycles. The molecule has 1 saturated carbocycles. The molecule has 0 saturated heterocycles. The lowest BCUT2D eigenvalue weighted by Crippen LogP contribution is -2.33. The van der Waals surface area contributed by atoms with Gasteiger partial charge in [-0.3, -0.25) is 9.59 Å². The Morgan fingerprint density at radius 3 is 2.65 bits per heavy atom. The van der Waals surface area contributed by atoms with Gasteiger partial charge in [-0.15, -0.1) is 0 Å². The molecule has 1 fully saturated rings. The van der Waals surface area contributed by atoms with Crippen LogP contribution in [0.1, 0.15) is 31.7 Å². The first kappa shape index (κ1) is 12.0. The molecule has 1 aromatic rings. The summed E-state index contributed by atoms with van der Waals surface area (Å²) >= 11 is 0. The van der Waals surface area contributed by atoms with Gasteiger partial charge < -0.3 is 0 Å². The molecule has 2 nitrogen and oxygen atoms in total. The number of benzene rings is 1. The Balaban J connectivity index is 2.03. The van der Waals surface area contributed by atoms with Crippen molar-refractivity contribution in [1.29, 1.82) is 0 Å². The predicted molar refractivity (Wildman–Crippen MR) is 66.7 cm³/mol. The molecular formula is C15H18O2. The van der Waals surface area contributed by atoms with Crippen molar-refractivity contribution in [3.05, 3.63) is 35.9 Å². The van der Waals surface area contributed by atoms with Crippen LogP contribution in [-0.2, 0) is 16.0 Å². The fourth-order valence-electron chi connectivity index (χ4n) is 2.50. The molecule has 2 unspecified atom stereocenters. The van der Waals surface area contributed by atoms with Gasteiger partial charge in [0.2, 0.25) is 0 Å². The van der Waals surface area contributed by atoms with Gasteiger partial charge in [0.25, 0.3) is 0 Å². The van der Waals surface area contributed by atoms with Crippen LogP contribution in [0.5, 0.6) is 0 Å². The zero-order valence-electron chi connectivity index (χ0n) is 10.2. The van der Waals surface area contributed by atoms with E-state index in [1.54, 1.807) is 0 Å². The van der Waals surface area contributed by atoms with Crippen LogP contribution < -0.4 is 0 Å². The highest BCUT2D eigenvalue weighted by Gasteiger charge is 2.32. The fourth-order valence-corrected chi connectivity index (χ4v) is 2.50. The summed E-state index contributed by atoms with van der Waals surface area (Å²) in [6.45, 7) is 1.93. The van der Waals surface area contributed by atoms with E-state index < -0.39 is 0 Å². The number of carbonyl (C=O) groups excluding carboxylic acids is 2. The van der Waals surface area contributed by atoms with Crippen molar-refractivity contribution in [2.45, 2.75) is 32.6 Å². The average molecular weight is 230 g/mol. The minimum Gasteiger partial charge on any atom is -0.299 e. The zero-order valence-corrected chi connectivity index (χ0v) is 10.2. The SMILES string of the molecule is CC1CCCC(C(=O)Cc2ccccc2)C1=O. The molecule has 0 amide bonds. The first-order chi connectivity index (χ1) is 8.18. The van der Waals surface area contributed by atoms with Crippen molar-refractivity contribution in [2.75, 3.05) is 0 Å². The largest absolute Gasteiger partial charge is 0.299 e. The van der Waals surface area contributed by atoms with Crippen LogP contribution in [-0.4, -0.2) is 11.6 Å². The molecule has 0 radical (unpaired) electrons. The fraction of sp³-hybridized carbons (Fsp3) is 0.467. The molecule has 17 heavy (non-hydrogen) atoms. The van der Waals surface area contributed by atoms with Crippen molar-refractivity contribution in [2.24, 2.45) is 11.8 Å². The molecule has 0 N–H and O–H groups in total. The summed E-state index contributed by atoms with van der Waals surface area (Å²) in [6, 6.07) is 9.66. The number of hydrogen-bond acceptors (Lipinski definition) is 2. The van der Waals surface area contributed by atoms with Gasteiger partial charge in [-0.05, 0) is 18.4 Å². The van der Waals surface area contributed by atoms with Crippen molar-refractivity contribution < 1.29 is 9.59 Å². The lowest BCUT2D eigenvalue weighted by atomic mass is 9.78. The van der Waals surface area contributed by atoms with Gasteiger partial charge in [-0.2, -0.15) is 0 Å². The number of hydrogen-bond donors (Lipinski definition) is 0. The molecule has 90 valence electrons. The Hall–Kier alpha value is -1.44. The Kier molecular flexibility index (Phi) is 3.72. The van der Waals surface area contributed by atoms with Crippen LogP contribution in [0.3, 0.4) is 0 Å². The van der Waals surface area contributed by atoms with Crippen molar-refractivity contribution in [1.82, 2.24) is 0 Å². The molecule has 0 heterocycles. The number of Topliss-reactive ketones (excluding diaryl/α,β-unsaturated/α-hetero) is 2. The van der Waals surface area contributed by atoms with Gasteiger partial charge in [-0.1, -0.05) is 43.7 Å². The number of carbonyl (C=O) groups is 2. The van der Waals surface area contributed by atoms with Gasteiger partial charge >= 0.3 is 0 Å². The molecule has 1 aliphatic rings. The van der Waals surface area contributed by atoms with Crippen molar-refractivity contribution in [3.8, 4) is 0 Å². The molecule has 0 aromatic heterocycles. The maximum atomic E-state index is 12.1. The molecule has 1 aromatic carbocycles. The predicted octanol–water partition coefficient (Wildman–Crippen LogP) is 2.80. The Labute approximate surface area is 102 Å². The third kappa shape index (κ3) is 2.82. The summed E-state index contributed by atoms with van der Waals surface area (Å²) in [4.78, 5) is 24.0. The maximum Gasteiger partial charge on any atom is 0.147 e. The molecule has 0 bridgehead atoms. The van der Waals surface area contributed by atoms with Gasteiger partial charge in [-0.25, -0.2) is 0 Å². The first-order valence-corrected chi connectivity index (χ1v) is 6.29. The summed E-state index contributed by atoms with van der Waals surface area (Å²) in [5, 5.41) is 0. The second kappa shape index (κ2) is 5.26. The van der Waals surface area contributed by atoms with E-state index in [-0.39, 0.29) is 23.4 Å². The van der Waals surface area contributed by atoms with E-state index in [9.17, 15) is 9.59 Å². The summed E-state index contributed by atoms with van der Waals surface area (Å²) in [5.74, 6) is -0.0441. The van der Waals surface area contributed by atoms with Crippen LogP contribution in [0, 0.1) is 11.8 Å². The quantitative estimate of drug-likeness (QED) is 0.748. The molecule has 0 spiro atoms. The lowest BCUT2D eigenvalue weighted by Gasteiger charge is -2.24. The normalized spacial score (nSPS) is 24.6. The van der Waals surface area contributed by atoms with Gasteiger partial charge in [0, 0.05) is 12.3 Å². The smallest absolute Gasteiger partial charge is 0.147 e. The number of ketones is 2. The second-order valence-corrected chi connectivity index (χ2v) is 4.92. The second-order valence-electron chi connectivity index (χ2n) is 4.92. The highest BCUT2D eigenvalue weighted by atomic mass is 16.2. The Bertz CT molecular complexity index is 408. The van der Waals surface area contributed by atoms with Gasteiger partial charge in [0.05, 0.1) is 5.92 Å². The van der Waals surface area contributed by atoms with E-state index in [1.165, 1.54) is 0 Å². The van der Waals surface area contributed by atoms with Crippen molar-refractivity contribution in [3.63, 3.8) is 0 Å². The average Bonchev–Trinajstić information content (AvgIpc) is 2.34. The zero-order chi connectivity index (χ0) is 12.3. The van der Waals surface area contributed by atoms with Gasteiger partial charge in [0.15, 0.2) is 0 Å². The molecule has 2 heteroatoms. The molecule has 1 aliphatic carbocycles. The maximum absolute atomic E-state index is 12.1. The van der Waals surface area contributed by atoms with Crippen LogP contribution >= 0.6 is 0 Å². The van der Waals surface area contributed by atoms with Crippen LogP contribution in [0.15, 0.2) is 30.3 Å². The van der Waals surface area contributed by atoms with E-state index in [1.807, 2.05) is 37.3 Å². The first-order valence-electron chi connectivity index (χ1n) is 6.29. The minimum absolute atomic E-state index is 0.0634. The summed E-state index contributed by atoms with van der Waals surface area (Å²) in [5.41, 5.74) is 1.00. The standard InChI is InChI=1S/C15H18O2/c1-11-6-5-9-13(15(11)17)14(16)10-12-7-3-2-4-8-12/h2-4,7-8,11,13H,5-6,9-10H2,1H3. The Morgan fingerprint density at radius 2 is 1.94 bits per heavy atom. The highest BCUT2D eigenvalue weighted by Crippen LogP contribution is 2.26. The van der Waals surface area contributed by atoms with E-state index >= 15 is 0 Å².